The smallest absolute Gasteiger partial charge is 0.267 e. The van der Waals surface area contributed by atoms with Crippen LogP contribution in [0.3, 0.4) is 0 Å². The molecule has 2 rings (SSSR count). The highest BCUT2D eigenvalue weighted by Gasteiger charge is 2.20. The van der Waals surface area contributed by atoms with Gasteiger partial charge in [-0.2, -0.15) is 0 Å². The first-order valence-corrected chi connectivity index (χ1v) is 9.55. The Hall–Kier alpha value is -2.14. The summed E-state index contributed by atoms with van der Waals surface area (Å²) < 4.78 is 33.2. The molecule has 0 heterocycles. The Kier molecular flexibility index (Phi) is 7.05. The SMILES string of the molecule is CCN(C)C=Nc1cc(C(F)F)c(Oc2ccc(Cl)c(C(C)(C)C)c2)cc1C. The quantitative estimate of drug-likeness (QED) is 0.370. The Labute approximate surface area is 171 Å². The average Bonchev–Trinajstić information content (AvgIpc) is 2.61. The van der Waals surface area contributed by atoms with E-state index in [0.29, 0.717) is 16.5 Å². The molecule has 0 aliphatic heterocycles. The number of alkyl halides is 2. The maximum Gasteiger partial charge on any atom is 0.267 e. The lowest BCUT2D eigenvalue weighted by atomic mass is 9.87. The van der Waals surface area contributed by atoms with E-state index in [9.17, 15) is 8.78 Å². The molecule has 0 fully saturated rings. The van der Waals surface area contributed by atoms with Gasteiger partial charge in [-0.25, -0.2) is 13.8 Å². The Morgan fingerprint density at radius 1 is 1.21 bits per heavy atom. The van der Waals surface area contributed by atoms with E-state index < -0.39 is 6.43 Å². The van der Waals surface area contributed by atoms with E-state index in [2.05, 4.69) is 4.99 Å². The molecule has 0 unspecified atom stereocenters. The summed E-state index contributed by atoms with van der Waals surface area (Å²) in [5.74, 6) is 0.593. The van der Waals surface area contributed by atoms with Crippen molar-refractivity contribution in [1.82, 2.24) is 4.90 Å². The van der Waals surface area contributed by atoms with Crippen LogP contribution in [0.2, 0.25) is 5.02 Å². The predicted octanol–water partition coefficient (Wildman–Crippen LogP) is 7.29. The molecule has 0 aliphatic rings. The van der Waals surface area contributed by atoms with Crippen molar-refractivity contribution in [2.45, 2.75) is 46.5 Å². The number of rotatable bonds is 6. The van der Waals surface area contributed by atoms with Crippen molar-refractivity contribution >= 4 is 23.6 Å². The average molecular weight is 409 g/mol. The summed E-state index contributed by atoms with van der Waals surface area (Å²) in [4.78, 5) is 6.19. The van der Waals surface area contributed by atoms with Crippen molar-refractivity contribution in [3.8, 4) is 11.5 Å². The van der Waals surface area contributed by atoms with Gasteiger partial charge in [-0.3, -0.25) is 0 Å². The Balaban J connectivity index is 2.43. The first-order chi connectivity index (χ1) is 13.0. The van der Waals surface area contributed by atoms with Crippen LogP contribution < -0.4 is 4.74 Å². The lowest BCUT2D eigenvalue weighted by molar-refractivity contribution is 0.148. The molecule has 28 heavy (non-hydrogen) atoms. The van der Waals surface area contributed by atoms with Gasteiger partial charge in [0.2, 0.25) is 0 Å². The minimum absolute atomic E-state index is 0.123. The molecule has 0 aromatic heterocycles. The highest BCUT2D eigenvalue weighted by atomic mass is 35.5. The monoisotopic (exact) mass is 408 g/mol. The van der Waals surface area contributed by atoms with Gasteiger partial charge in [-0.1, -0.05) is 32.4 Å². The second kappa shape index (κ2) is 8.91. The van der Waals surface area contributed by atoms with E-state index in [0.717, 1.165) is 17.7 Å². The molecule has 0 amide bonds. The zero-order chi connectivity index (χ0) is 21.1. The summed E-state index contributed by atoms with van der Waals surface area (Å²) >= 11 is 6.29. The summed E-state index contributed by atoms with van der Waals surface area (Å²) in [5, 5.41) is 0.620. The highest BCUT2D eigenvalue weighted by molar-refractivity contribution is 6.31. The molecular formula is C22H27ClF2N2O. The van der Waals surface area contributed by atoms with Gasteiger partial charge >= 0.3 is 0 Å². The molecule has 0 aliphatic carbocycles. The number of benzene rings is 2. The molecule has 152 valence electrons. The third-order valence-corrected chi connectivity index (χ3v) is 4.76. The maximum atomic E-state index is 13.7. The number of hydrogen-bond donors (Lipinski definition) is 0. The number of nitrogens with zero attached hydrogens (tertiary/aromatic N) is 2. The number of hydrogen-bond acceptors (Lipinski definition) is 2. The van der Waals surface area contributed by atoms with E-state index in [-0.39, 0.29) is 16.7 Å². The maximum absolute atomic E-state index is 13.7. The first kappa shape index (κ1) is 22.2. The van der Waals surface area contributed by atoms with Crippen LogP contribution >= 0.6 is 11.6 Å². The third kappa shape index (κ3) is 5.44. The zero-order valence-corrected chi connectivity index (χ0v) is 17.9. The summed E-state index contributed by atoms with van der Waals surface area (Å²) in [7, 11) is 1.87. The van der Waals surface area contributed by atoms with Crippen LogP contribution in [0.25, 0.3) is 0 Å². The van der Waals surface area contributed by atoms with Crippen molar-refractivity contribution in [2.75, 3.05) is 13.6 Å². The molecule has 0 radical (unpaired) electrons. The van der Waals surface area contributed by atoms with Crippen molar-refractivity contribution in [1.29, 1.82) is 0 Å². The van der Waals surface area contributed by atoms with Gasteiger partial charge in [-0.05, 0) is 60.7 Å². The third-order valence-electron chi connectivity index (χ3n) is 4.43. The van der Waals surface area contributed by atoms with Gasteiger partial charge in [0.1, 0.15) is 11.5 Å². The van der Waals surface area contributed by atoms with Gasteiger partial charge in [0, 0.05) is 18.6 Å². The molecule has 0 bridgehead atoms. The van der Waals surface area contributed by atoms with Crippen molar-refractivity contribution in [3.63, 3.8) is 0 Å². The van der Waals surface area contributed by atoms with Gasteiger partial charge in [0.15, 0.2) is 0 Å². The van der Waals surface area contributed by atoms with E-state index in [1.165, 1.54) is 6.07 Å². The Morgan fingerprint density at radius 3 is 2.46 bits per heavy atom. The van der Waals surface area contributed by atoms with E-state index in [1.807, 2.05) is 46.6 Å². The number of ether oxygens (including phenoxy) is 1. The van der Waals surface area contributed by atoms with Gasteiger partial charge in [0.25, 0.3) is 6.43 Å². The summed E-state index contributed by atoms with van der Waals surface area (Å²) in [6.45, 7) is 10.7. The molecule has 3 nitrogen and oxygen atoms in total. The molecule has 0 spiro atoms. The molecule has 0 N–H and O–H groups in total. The molecule has 2 aromatic rings. The fourth-order valence-corrected chi connectivity index (χ4v) is 3.00. The fraction of sp³-hybridized carbons (Fsp3) is 0.409. The molecule has 2 aromatic carbocycles. The molecular weight excluding hydrogens is 382 g/mol. The minimum Gasteiger partial charge on any atom is -0.457 e. The molecule has 0 saturated heterocycles. The summed E-state index contributed by atoms with van der Waals surface area (Å²) in [6, 6.07) is 8.20. The van der Waals surface area contributed by atoms with Gasteiger partial charge in [0.05, 0.1) is 17.6 Å². The number of halogens is 3. The summed E-state index contributed by atoms with van der Waals surface area (Å²) in [5.41, 5.74) is 1.76. The number of aliphatic imine (C=N–C) groups is 1. The Bertz CT molecular complexity index is 860. The van der Waals surface area contributed by atoms with Crippen molar-refractivity contribution in [2.24, 2.45) is 4.99 Å². The molecule has 6 heteroatoms. The van der Waals surface area contributed by atoms with E-state index in [1.54, 1.807) is 30.6 Å². The zero-order valence-electron chi connectivity index (χ0n) is 17.2. The normalized spacial score (nSPS) is 12.1. The second-order valence-electron chi connectivity index (χ2n) is 7.79. The lowest BCUT2D eigenvalue weighted by Crippen LogP contribution is -2.14. The van der Waals surface area contributed by atoms with Crippen LogP contribution in [0.5, 0.6) is 11.5 Å². The summed E-state index contributed by atoms with van der Waals surface area (Å²) in [6.07, 6.45) is -1.05. The van der Waals surface area contributed by atoms with Crippen LogP contribution in [-0.2, 0) is 5.41 Å². The first-order valence-electron chi connectivity index (χ1n) is 9.18. The van der Waals surface area contributed by atoms with Crippen LogP contribution in [0.15, 0.2) is 35.3 Å². The fourth-order valence-electron chi connectivity index (χ4n) is 2.60. The van der Waals surface area contributed by atoms with Crippen molar-refractivity contribution in [3.05, 3.63) is 52.0 Å². The molecule has 0 atom stereocenters. The Morgan fingerprint density at radius 2 is 1.89 bits per heavy atom. The van der Waals surface area contributed by atoms with Gasteiger partial charge < -0.3 is 9.64 Å². The topological polar surface area (TPSA) is 24.8 Å². The van der Waals surface area contributed by atoms with Gasteiger partial charge in [-0.15, -0.1) is 0 Å². The molecule has 0 saturated carbocycles. The standard InChI is InChI=1S/C22H27ClF2N2O/c1-7-27(6)13-26-19-12-16(21(24)25)20(10-14(19)2)28-15-8-9-18(23)17(11-15)22(3,4)5/h8-13,21H,7H2,1-6H3. The van der Waals surface area contributed by atoms with Crippen LogP contribution in [0, 0.1) is 6.92 Å². The number of aryl methyl sites for hydroxylation is 1. The van der Waals surface area contributed by atoms with Crippen LogP contribution in [0.4, 0.5) is 14.5 Å². The highest BCUT2D eigenvalue weighted by Crippen LogP contribution is 2.39. The predicted molar refractivity (Wildman–Crippen MR) is 113 cm³/mol. The largest absolute Gasteiger partial charge is 0.457 e. The van der Waals surface area contributed by atoms with E-state index in [4.69, 9.17) is 16.3 Å². The lowest BCUT2D eigenvalue weighted by Gasteiger charge is -2.22. The van der Waals surface area contributed by atoms with Crippen LogP contribution in [0.1, 0.15) is 50.8 Å². The second-order valence-corrected chi connectivity index (χ2v) is 8.20. The van der Waals surface area contributed by atoms with Crippen LogP contribution in [-0.4, -0.2) is 24.8 Å². The minimum atomic E-state index is -2.68. The van der Waals surface area contributed by atoms with Crippen molar-refractivity contribution < 1.29 is 13.5 Å². The van der Waals surface area contributed by atoms with E-state index >= 15 is 0 Å².